The molecule has 0 radical (unpaired) electrons. The third kappa shape index (κ3) is 4.01. The molecule has 0 spiro atoms. The lowest BCUT2D eigenvalue weighted by atomic mass is 10.2. The number of benzene rings is 1. The van der Waals surface area contributed by atoms with Crippen molar-refractivity contribution >= 4 is 23.4 Å². The van der Waals surface area contributed by atoms with Crippen LogP contribution in [-0.2, 0) is 4.79 Å². The second kappa shape index (κ2) is 6.66. The summed E-state index contributed by atoms with van der Waals surface area (Å²) in [5.74, 6) is -0.423. The molecule has 1 N–H and O–H groups in total. The standard InChI is InChI=1S/C13H16FN5OS/c1-8(2)19-13(16-17-18-19)21-7-12(20)15-10-5-4-9(3)11(14)6-10/h4-6,8H,7H2,1-3H3,(H,15,20). The number of rotatable bonds is 5. The monoisotopic (exact) mass is 309 g/mol. The van der Waals surface area contributed by atoms with Crippen LogP contribution in [0.25, 0.3) is 0 Å². The van der Waals surface area contributed by atoms with Crippen molar-refractivity contribution in [2.24, 2.45) is 0 Å². The van der Waals surface area contributed by atoms with Gasteiger partial charge in [-0.15, -0.1) is 5.10 Å². The van der Waals surface area contributed by atoms with Crippen LogP contribution >= 0.6 is 11.8 Å². The molecule has 0 unspecified atom stereocenters. The van der Waals surface area contributed by atoms with E-state index < -0.39 is 0 Å². The number of nitrogens with one attached hydrogen (secondary N) is 1. The van der Waals surface area contributed by atoms with Gasteiger partial charge in [0.25, 0.3) is 0 Å². The second-order valence-corrected chi connectivity index (χ2v) is 5.74. The highest BCUT2D eigenvalue weighted by Crippen LogP contribution is 2.18. The number of carbonyl (C=O) groups is 1. The van der Waals surface area contributed by atoms with Gasteiger partial charge in [-0.2, -0.15) is 0 Å². The van der Waals surface area contributed by atoms with Crippen molar-refractivity contribution in [1.82, 2.24) is 20.2 Å². The smallest absolute Gasteiger partial charge is 0.234 e. The van der Waals surface area contributed by atoms with Crippen LogP contribution in [0.2, 0.25) is 0 Å². The minimum Gasteiger partial charge on any atom is -0.325 e. The molecule has 0 saturated carbocycles. The van der Waals surface area contributed by atoms with Gasteiger partial charge in [0.15, 0.2) is 0 Å². The number of thioether (sulfide) groups is 1. The highest BCUT2D eigenvalue weighted by Gasteiger charge is 2.12. The van der Waals surface area contributed by atoms with E-state index in [9.17, 15) is 9.18 Å². The van der Waals surface area contributed by atoms with Gasteiger partial charge in [-0.3, -0.25) is 4.79 Å². The Morgan fingerprint density at radius 2 is 2.24 bits per heavy atom. The summed E-state index contributed by atoms with van der Waals surface area (Å²) in [6.45, 7) is 5.58. The van der Waals surface area contributed by atoms with Crippen molar-refractivity contribution in [2.45, 2.75) is 32.0 Å². The fraction of sp³-hybridized carbons (Fsp3) is 0.385. The predicted molar refractivity (Wildman–Crippen MR) is 78.7 cm³/mol. The summed E-state index contributed by atoms with van der Waals surface area (Å²) in [4.78, 5) is 11.9. The zero-order valence-electron chi connectivity index (χ0n) is 12.0. The Kier molecular flexibility index (Phi) is 4.89. The van der Waals surface area contributed by atoms with Crippen LogP contribution in [0.3, 0.4) is 0 Å². The molecule has 0 atom stereocenters. The van der Waals surface area contributed by atoms with Crippen molar-refractivity contribution in [1.29, 1.82) is 0 Å². The number of halogens is 1. The van der Waals surface area contributed by atoms with E-state index in [2.05, 4.69) is 20.8 Å². The summed E-state index contributed by atoms with van der Waals surface area (Å²) >= 11 is 1.24. The van der Waals surface area contributed by atoms with E-state index >= 15 is 0 Å². The number of hydrogen-bond donors (Lipinski definition) is 1. The van der Waals surface area contributed by atoms with Crippen LogP contribution in [0.4, 0.5) is 10.1 Å². The zero-order valence-corrected chi connectivity index (χ0v) is 12.8. The van der Waals surface area contributed by atoms with Crippen molar-refractivity contribution in [3.8, 4) is 0 Å². The largest absolute Gasteiger partial charge is 0.325 e. The number of tetrazole rings is 1. The normalized spacial score (nSPS) is 10.9. The van der Waals surface area contributed by atoms with Gasteiger partial charge in [-0.1, -0.05) is 17.8 Å². The number of anilines is 1. The Bertz CT molecular complexity index is 643. The van der Waals surface area contributed by atoms with E-state index in [0.29, 0.717) is 16.4 Å². The van der Waals surface area contributed by atoms with Crippen LogP contribution in [0.5, 0.6) is 0 Å². The van der Waals surface area contributed by atoms with Crippen molar-refractivity contribution in [2.75, 3.05) is 11.1 Å². The Morgan fingerprint density at radius 3 is 2.90 bits per heavy atom. The van der Waals surface area contributed by atoms with E-state index in [-0.39, 0.29) is 23.5 Å². The first-order chi connectivity index (χ1) is 9.97. The molecule has 0 bridgehead atoms. The van der Waals surface area contributed by atoms with Gasteiger partial charge in [0.05, 0.1) is 11.8 Å². The van der Waals surface area contributed by atoms with Crippen LogP contribution < -0.4 is 5.32 Å². The first-order valence-corrected chi connectivity index (χ1v) is 7.42. The molecule has 8 heteroatoms. The lowest BCUT2D eigenvalue weighted by Gasteiger charge is -2.08. The average molecular weight is 309 g/mol. The third-order valence-electron chi connectivity index (χ3n) is 2.74. The van der Waals surface area contributed by atoms with Gasteiger partial charge in [0.2, 0.25) is 11.1 Å². The molecule has 2 rings (SSSR count). The van der Waals surface area contributed by atoms with Crippen molar-refractivity contribution < 1.29 is 9.18 Å². The third-order valence-corrected chi connectivity index (χ3v) is 3.67. The summed E-state index contributed by atoms with van der Waals surface area (Å²) in [7, 11) is 0. The molecular formula is C13H16FN5OS. The van der Waals surface area contributed by atoms with Crippen LogP contribution in [0, 0.1) is 12.7 Å². The maximum atomic E-state index is 13.4. The highest BCUT2D eigenvalue weighted by atomic mass is 32.2. The minimum absolute atomic E-state index is 0.122. The Morgan fingerprint density at radius 1 is 1.48 bits per heavy atom. The fourth-order valence-electron chi connectivity index (χ4n) is 1.60. The predicted octanol–water partition coefficient (Wildman–Crippen LogP) is 2.43. The lowest BCUT2D eigenvalue weighted by Crippen LogP contribution is -2.15. The van der Waals surface area contributed by atoms with Crippen LogP contribution in [0.1, 0.15) is 25.5 Å². The number of aryl methyl sites for hydroxylation is 1. The number of nitrogens with zero attached hydrogens (tertiary/aromatic N) is 4. The second-order valence-electron chi connectivity index (χ2n) is 4.80. The van der Waals surface area contributed by atoms with Gasteiger partial charge < -0.3 is 5.32 Å². The van der Waals surface area contributed by atoms with Crippen molar-refractivity contribution in [3.63, 3.8) is 0 Å². The molecular weight excluding hydrogens is 293 g/mol. The van der Waals surface area contributed by atoms with E-state index in [1.54, 1.807) is 23.7 Å². The van der Waals surface area contributed by atoms with Gasteiger partial charge >= 0.3 is 0 Å². The molecule has 6 nitrogen and oxygen atoms in total. The summed E-state index contributed by atoms with van der Waals surface area (Å²) in [6.07, 6.45) is 0. The number of aromatic nitrogens is 4. The average Bonchev–Trinajstić information content (AvgIpc) is 2.89. The lowest BCUT2D eigenvalue weighted by molar-refractivity contribution is -0.113. The summed E-state index contributed by atoms with van der Waals surface area (Å²) in [6, 6.07) is 4.71. The molecule has 0 aliphatic heterocycles. The number of amides is 1. The minimum atomic E-state index is -0.343. The molecule has 0 fully saturated rings. The van der Waals surface area contributed by atoms with E-state index in [1.165, 1.54) is 17.8 Å². The molecule has 1 heterocycles. The molecule has 0 aliphatic carbocycles. The molecule has 0 aliphatic rings. The summed E-state index contributed by atoms with van der Waals surface area (Å²) < 4.78 is 15.0. The summed E-state index contributed by atoms with van der Waals surface area (Å²) in [5.41, 5.74) is 0.977. The van der Waals surface area contributed by atoms with Crippen molar-refractivity contribution in [3.05, 3.63) is 29.6 Å². The van der Waals surface area contributed by atoms with E-state index in [4.69, 9.17) is 0 Å². The Labute approximate surface area is 126 Å². The van der Waals surface area contributed by atoms with Gasteiger partial charge in [0, 0.05) is 5.69 Å². The Hall–Kier alpha value is -1.96. The molecule has 0 saturated heterocycles. The highest BCUT2D eigenvalue weighted by molar-refractivity contribution is 7.99. The maximum absolute atomic E-state index is 13.4. The molecule has 21 heavy (non-hydrogen) atoms. The van der Waals surface area contributed by atoms with Crippen LogP contribution in [0.15, 0.2) is 23.4 Å². The maximum Gasteiger partial charge on any atom is 0.234 e. The first kappa shape index (κ1) is 15.4. The first-order valence-electron chi connectivity index (χ1n) is 6.44. The molecule has 1 aromatic carbocycles. The molecule has 1 aromatic heterocycles. The van der Waals surface area contributed by atoms with Gasteiger partial charge in [-0.25, -0.2) is 9.07 Å². The quantitative estimate of drug-likeness (QED) is 0.859. The number of hydrogen-bond acceptors (Lipinski definition) is 5. The van der Waals surface area contributed by atoms with E-state index in [1.807, 2.05) is 13.8 Å². The topological polar surface area (TPSA) is 72.7 Å². The zero-order chi connectivity index (χ0) is 15.4. The number of carbonyl (C=O) groups excluding carboxylic acids is 1. The van der Waals surface area contributed by atoms with E-state index in [0.717, 1.165) is 0 Å². The SMILES string of the molecule is Cc1ccc(NC(=O)CSc2nnnn2C(C)C)cc1F. The fourth-order valence-corrected chi connectivity index (χ4v) is 2.41. The molecule has 112 valence electrons. The Balaban J connectivity index is 1.93. The van der Waals surface area contributed by atoms with Gasteiger partial charge in [-0.05, 0) is 48.9 Å². The van der Waals surface area contributed by atoms with Crippen LogP contribution in [-0.4, -0.2) is 31.9 Å². The molecule has 1 amide bonds. The van der Waals surface area contributed by atoms with Gasteiger partial charge in [0.1, 0.15) is 5.82 Å². The molecule has 2 aromatic rings. The summed E-state index contributed by atoms with van der Waals surface area (Å²) in [5, 5.41) is 14.5.